The molecule has 7 heteroatoms. The number of rotatable bonds is 7. The lowest BCUT2D eigenvalue weighted by molar-refractivity contribution is -0.153. The van der Waals surface area contributed by atoms with Crippen molar-refractivity contribution in [3.8, 4) is 11.1 Å². The lowest BCUT2D eigenvalue weighted by Crippen LogP contribution is -2.55. The second kappa shape index (κ2) is 10.3. The number of nitrogens with zero attached hydrogens (tertiary/aromatic N) is 1. The van der Waals surface area contributed by atoms with Gasteiger partial charge in [-0.25, -0.2) is 9.59 Å². The van der Waals surface area contributed by atoms with Gasteiger partial charge in [0.15, 0.2) is 0 Å². The van der Waals surface area contributed by atoms with Crippen LogP contribution < -0.4 is 5.32 Å². The number of carbonyl (C=O) groups excluding carboxylic acids is 2. The van der Waals surface area contributed by atoms with E-state index in [4.69, 9.17) is 4.74 Å². The number of benzene rings is 2. The van der Waals surface area contributed by atoms with E-state index in [1.54, 1.807) is 0 Å². The van der Waals surface area contributed by atoms with Gasteiger partial charge in [-0.2, -0.15) is 0 Å². The van der Waals surface area contributed by atoms with Gasteiger partial charge in [0.2, 0.25) is 5.91 Å². The Morgan fingerprint density at radius 2 is 1.65 bits per heavy atom. The van der Waals surface area contributed by atoms with Crippen molar-refractivity contribution in [2.75, 3.05) is 13.2 Å². The largest absolute Gasteiger partial charge is 0.480 e. The minimum Gasteiger partial charge on any atom is -0.480 e. The number of hydrogen-bond donors (Lipinski definition) is 2. The molecule has 0 unspecified atom stereocenters. The maximum Gasteiger partial charge on any atom is 0.407 e. The fourth-order valence-electron chi connectivity index (χ4n) is 5.13. The zero-order valence-corrected chi connectivity index (χ0v) is 19.7. The number of aliphatic carboxylic acids is 1. The Hall–Kier alpha value is -3.35. The van der Waals surface area contributed by atoms with Crippen LogP contribution in [0.1, 0.15) is 56.6 Å². The summed E-state index contributed by atoms with van der Waals surface area (Å²) in [4.78, 5) is 39.1. The van der Waals surface area contributed by atoms with Crippen molar-refractivity contribution >= 4 is 18.0 Å². The SMILES string of the molecule is CC(C)C[C@@H](NC(=O)OCC1c2ccccc2-c2ccccc21)C(=O)N1CCCC[C@H]1C(=O)O. The molecule has 1 saturated heterocycles. The number of alkyl carbamates (subject to hydrolysis) is 1. The lowest BCUT2D eigenvalue weighted by Gasteiger charge is -2.35. The van der Waals surface area contributed by atoms with Crippen molar-refractivity contribution in [2.24, 2.45) is 5.92 Å². The number of carboxylic acid groups (broad SMARTS) is 1. The summed E-state index contributed by atoms with van der Waals surface area (Å²) in [5.41, 5.74) is 4.52. The van der Waals surface area contributed by atoms with Crippen LogP contribution in [0.4, 0.5) is 4.79 Å². The highest BCUT2D eigenvalue weighted by atomic mass is 16.5. The van der Waals surface area contributed by atoms with Crippen LogP contribution in [0.5, 0.6) is 0 Å². The topological polar surface area (TPSA) is 95.9 Å². The van der Waals surface area contributed by atoms with E-state index in [9.17, 15) is 19.5 Å². The van der Waals surface area contributed by atoms with E-state index in [1.165, 1.54) is 4.90 Å². The summed E-state index contributed by atoms with van der Waals surface area (Å²) < 4.78 is 5.63. The minimum atomic E-state index is -1.00. The molecule has 1 aliphatic carbocycles. The second-order valence-corrected chi connectivity index (χ2v) is 9.53. The van der Waals surface area contributed by atoms with Crippen LogP contribution in [0.25, 0.3) is 11.1 Å². The first-order valence-corrected chi connectivity index (χ1v) is 12.0. The standard InChI is InChI=1S/C27H32N2O5/c1-17(2)15-23(25(30)29-14-8-7-13-24(29)26(31)32)28-27(33)34-16-22-20-11-5-3-9-18(20)19-10-4-6-12-21(19)22/h3-6,9-12,17,22-24H,7-8,13-16H2,1-2H3,(H,28,33)(H,31,32)/t23-,24+/m1/s1. The highest BCUT2D eigenvalue weighted by molar-refractivity contribution is 5.89. The van der Waals surface area contributed by atoms with Gasteiger partial charge in [0, 0.05) is 12.5 Å². The Morgan fingerprint density at radius 3 is 2.24 bits per heavy atom. The predicted molar refractivity (Wildman–Crippen MR) is 128 cm³/mol. The van der Waals surface area contributed by atoms with Crippen LogP contribution in [-0.4, -0.2) is 53.2 Å². The summed E-state index contributed by atoms with van der Waals surface area (Å²) in [7, 11) is 0. The monoisotopic (exact) mass is 464 g/mol. The molecule has 7 nitrogen and oxygen atoms in total. The first-order chi connectivity index (χ1) is 16.4. The third kappa shape index (κ3) is 4.93. The van der Waals surface area contributed by atoms with Gasteiger partial charge in [-0.1, -0.05) is 62.4 Å². The minimum absolute atomic E-state index is 0.0733. The van der Waals surface area contributed by atoms with E-state index in [0.29, 0.717) is 19.4 Å². The first-order valence-electron chi connectivity index (χ1n) is 12.0. The molecule has 1 fully saturated rings. The number of ether oxygens (including phenoxy) is 1. The maximum atomic E-state index is 13.3. The Labute approximate surface area is 200 Å². The fourth-order valence-corrected chi connectivity index (χ4v) is 5.13. The molecule has 2 atom stereocenters. The van der Waals surface area contributed by atoms with Crippen molar-refractivity contribution in [3.05, 3.63) is 59.7 Å². The molecule has 0 aromatic heterocycles. The molecule has 2 aliphatic rings. The zero-order valence-electron chi connectivity index (χ0n) is 19.7. The molecule has 0 spiro atoms. The molecule has 1 heterocycles. The number of nitrogens with one attached hydrogen (secondary N) is 1. The van der Waals surface area contributed by atoms with Crippen molar-refractivity contribution in [3.63, 3.8) is 0 Å². The van der Waals surface area contributed by atoms with Crippen molar-refractivity contribution < 1.29 is 24.2 Å². The first kappa shape index (κ1) is 23.8. The summed E-state index contributed by atoms with van der Waals surface area (Å²) in [6, 6.07) is 14.5. The van der Waals surface area contributed by atoms with Gasteiger partial charge < -0.3 is 20.1 Å². The molecular formula is C27H32N2O5. The molecule has 2 N–H and O–H groups in total. The van der Waals surface area contributed by atoms with E-state index < -0.39 is 24.1 Å². The van der Waals surface area contributed by atoms with Crippen LogP contribution in [0.3, 0.4) is 0 Å². The molecule has 1 aliphatic heterocycles. The van der Waals surface area contributed by atoms with Gasteiger partial charge in [0.1, 0.15) is 18.7 Å². The number of carboxylic acids is 1. The molecule has 180 valence electrons. The van der Waals surface area contributed by atoms with Crippen molar-refractivity contribution in [2.45, 2.75) is 57.5 Å². The third-order valence-corrected chi connectivity index (χ3v) is 6.71. The number of fused-ring (bicyclic) bond motifs is 3. The normalized spacial score (nSPS) is 18.2. The summed E-state index contributed by atoms with van der Waals surface area (Å²) in [6.07, 6.45) is 1.71. The lowest BCUT2D eigenvalue weighted by atomic mass is 9.97. The summed E-state index contributed by atoms with van der Waals surface area (Å²) >= 11 is 0. The number of hydrogen-bond acceptors (Lipinski definition) is 4. The van der Waals surface area contributed by atoms with Crippen LogP contribution >= 0.6 is 0 Å². The van der Waals surface area contributed by atoms with Crippen LogP contribution in [-0.2, 0) is 14.3 Å². The number of likely N-dealkylation sites (tertiary alicyclic amines) is 1. The molecule has 34 heavy (non-hydrogen) atoms. The molecule has 2 aromatic carbocycles. The van der Waals surface area contributed by atoms with Crippen molar-refractivity contribution in [1.29, 1.82) is 0 Å². The average molecular weight is 465 g/mol. The van der Waals surface area contributed by atoms with Crippen molar-refractivity contribution in [1.82, 2.24) is 10.2 Å². The van der Waals surface area contributed by atoms with Gasteiger partial charge in [-0.3, -0.25) is 4.79 Å². The van der Waals surface area contributed by atoms with Gasteiger partial charge in [0.05, 0.1) is 0 Å². The summed E-state index contributed by atoms with van der Waals surface area (Å²) in [5.74, 6) is -1.29. The zero-order chi connectivity index (χ0) is 24.2. The Balaban J connectivity index is 1.45. The molecule has 2 amide bonds. The third-order valence-electron chi connectivity index (χ3n) is 6.71. The second-order valence-electron chi connectivity index (χ2n) is 9.53. The Bertz CT molecular complexity index is 1020. The smallest absolute Gasteiger partial charge is 0.407 e. The molecule has 0 saturated carbocycles. The van der Waals surface area contributed by atoms with Gasteiger partial charge in [-0.05, 0) is 53.9 Å². The van der Waals surface area contributed by atoms with E-state index in [0.717, 1.165) is 35.1 Å². The number of carbonyl (C=O) groups is 3. The number of amides is 2. The van der Waals surface area contributed by atoms with Crippen LogP contribution in [0.15, 0.2) is 48.5 Å². The maximum absolute atomic E-state index is 13.3. The van der Waals surface area contributed by atoms with Crippen LogP contribution in [0, 0.1) is 5.92 Å². The predicted octanol–water partition coefficient (Wildman–Crippen LogP) is 4.41. The summed E-state index contributed by atoms with van der Waals surface area (Å²) in [6.45, 7) is 4.47. The van der Waals surface area contributed by atoms with Gasteiger partial charge >= 0.3 is 12.1 Å². The highest BCUT2D eigenvalue weighted by Crippen LogP contribution is 2.44. The quantitative estimate of drug-likeness (QED) is 0.633. The highest BCUT2D eigenvalue weighted by Gasteiger charge is 2.37. The van der Waals surface area contributed by atoms with E-state index in [2.05, 4.69) is 29.6 Å². The molecular weight excluding hydrogens is 432 g/mol. The summed E-state index contributed by atoms with van der Waals surface area (Å²) in [5, 5.41) is 12.3. The molecule has 0 bridgehead atoms. The molecule has 2 aromatic rings. The fraction of sp³-hybridized carbons (Fsp3) is 0.444. The Kier molecular flexibility index (Phi) is 7.20. The van der Waals surface area contributed by atoms with Crippen LogP contribution in [0.2, 0.25) is 0 Å². The average Bonchev–Trinajstić information content (AvgIpc) is 3.15. The van der Waals surface area contributed by atoms with Gasteiger partial charge in [-0.15, -0.1) is 0 Å². The number of piperidine rings is 1. The van der Waals surface area contributed by atoms with E-state index in [1.807, 2.05) is 38.1 Å². The molecule has 4 rings (SSSR count). The van der Waals surface area contributed by atoms with Gasteiger partial charge in [0.25, 0.3) is 0 Å². The van der Waals surface area contributed by atoms with E-state index >= 15 is 0 Å². The molecule has 0 radical (unpaired) electrons. The van der Waals surface area contributed by atoms with E-state index in [-0.39, 0.29) is 24.3 Å². The Morgan fingerprint density at radius 1 is 1.03 bits per heavy atom.